The van der Waals surface area contributed by atoms with E-state index in [9.17, 15) is 4.79 Å². The van der Waals surface area contributed by atoms with Gasteiger partial charge < -0.3 is 20.1 Å². The molecule has 0 bridgehead atoms. The summed E-state index contributed by atoms with van der Waals surface area (Å²) >= 11 is 0. The highest BCUT2D eigenvalue weighted by atomic mass is 16.1. The van der Waals surface area contributed by atoms with Gasteiger partial charge in [0.1, 0.15) is 0 Å². The number of piperidine rings is 1. The number of carbonyl (C=O) groups excluding carboxylic acids is 1. The molecule has 1 aliphatic carbocycles. The number of benzene rings is 1. The van der Waals surface area contributed by atoms with Crippen molar-refractivity contribution in [1.82, 2.24) is 20.1 Å². The molecule has 5 nitrogen and oxygen atoms in total. The number of para-hydroxylation sites is 1. The molecule has 1 atom stereocenters. The number of hydrogen-bond acceptors (Lipinski definition) is 3. The van der Waals surface area contributed by atoms with Gasteiger partial charge in [-0.2, -0.15) is 0 Å². The first-order chi connectivity index (χ1) is 15.6. The van der Waals surface area contributed by atoms with Gasteiger partial charge in [-0.25, -0.2) is 0 Å². The van der Waals surface area contributed by atoms with Gasteiger partial charge >= 0.3 is 0 Å². The highest BCUT2D eigenvalue weighted by molar-refractivity contribution is 5.86. The van der Waals surface area contributed by atoms with Crippen molar-refractivity contribution in [2.24, 2.45) is 11.8 Å². The van der Waals surface area contributed by atoms with Gasteiger partial charge in [-0.05, 0) is 82.3 Å². The van der Waals surface area contributed by atoms with E-state index in [-0.39, 0.29) is 11.8 Å². The molecule has 4 rings (SSSR count). The Morgan fingerprint density at radius 3 is 2.62 bits per heavy atom. The molecule has 176 valence electrons. The third-order valence-electron chi connectivity index (χ3n) is 7.64. The van der Waals surface area contributed by atoms with Gasteiger partial charge in [0.05, 0.1) is 0 Å². The van der Waals surface area contributed by atoms with Crippen molar-refractivity contribution in [1.29, 1.82) is 0 Å². The highest BCUT2D eigenvalue weighted by Gasteiger charge is 2.30. The van der Waals surface area contributed by atoms with Crippen LogP contribution in [0.4, 0.5) is 0 Å². The van der Waals surface area contributed by atoms with Crippen LogP contribution in [-0.2, 0) is 11.3 Å². The topological polar surface area (TPSA) is 49.3 Å². The normalized spacial score (nSPS) is 19.5. The third kappa shape index (κ3) is 5.93. The Bertz CT molecular complexity index is 862. The summed E-state index contributed by atoms with van der Waals surface area (Å²) < 4.78 is 2.51. The van der Waals surface area contributed by atoms with Crippen LogP contribution in [0.2, 0.25) is 0 Å². The van der Waals surface area contributed by atoms with Crippen molar-refractivity contribution in [2.45, 2.75) is 63.8 Å². The van der Waals surface area contributed by atoms with Gasteiger partial charge in [0.25, 0.3) is 0 Å². The van der Waals surface area contributed by atoms with Crippen molar-refractivity contribution in [2.75, 3.05) is 40.3 Å². The molecule has 1 saturated heterocycles. The summed E-state index contributed by atoms with van der Waals surface area (Å²) in [5, 5.41) is 8.03. The maximum absolute atomic E-state index is 13.0. The van der Waals surface area contributed by atoms with E-state index in [0.29, 0.717) is 18.9 Å². The minimum absolute atomic E-state index is 0.194. The summed E-state index contributed by atoms with van der Waals surface area (Å²) in [6.07, 6.45) is 12.2. The Hall–Kier alpha value is -1.85. The van der Waals surface area contributed by atoms with Crippen LogP contribution in [0.1, 0.15) is 62.8 Å². The van der Waals surface area contributed by atoms with Gasteiger partial charge in [-0.15, -0.1) is 0 Å². The molecular weight excluding hydrogens is 396 g/mol. The van der Waals surface area contributed by atoms with E-state index in [4.69, 9.17) is 0 Å². The minimum Gasteiger partial charge on any atom is -0.355 e. The van der Waals surface area contributed by atoms with Gasteiger partial charge in [-0.3, -0.25) is 4.79 Å². The fourth-order valence-corrected chi connectivity index (χ4v) is 5.84. The van der Waals surface area contributed by atoms with Crippen LogP contribution >= 0.6 is 0 Å². The second-order valence-corrected chi connectivity index (χ2v) is 10.3. The first kappa shape index (κ1) is 23.3. The van der Waals surface area contributed by atoms with E-state index in [0.717, 1.165) is 44.9 Å². The van der Waals surface area contributed by atoms with Crippen LogP contribution in [0.5, 0.6) is 0 Å². The van der Waals surface area contributed by atoms with Crippen LogP contribution in [0.3, 0.4) is 0 Å². The Labute approximate surface area is 193 Å². The van der Waals surface area contributed by atoms with E-state index in [1.807, 2.05) is 14.1 Å². The van der Waals surface area contributed by atoms with Crippen molar-refractivity contribution in [3.63, 3.8) is 0 Å². The fourth-order valence-electron chi connectivity index (χ4n) is 5.84. The molecular formula is C27H42N4O. The van der Waals surface area contributed by atoms with Gasteiger partial charge in [-0.1, -0.05) is 37.5 Å². The lowest BCUT2D eigenvalue weighted by molar-refractivity contribution is -0.121. The third-order valence-corrected chi connectivity index (χ3v) is 7.64. The lowest BCUT2D eigenvalue weighted by Gasteiger charge is -2.30. The summed E-state index contributed by atoms with van der Waals surface area (Å²) in [6.45, 7) is 4.83. The van der Waals surface area contributed by atoms with Crippen molar-refractivity contribution in [3.8, 4) is 0 Å². The number of nitrogens with one attached hydrogen (secondary N) is 2. The van der Waals surface area contributed by atoms with E-state index < -0.39 is 0 Å². The van der Waals surface area contributed by atoms with Crippen LogP contribution in [0.15, 0.2) is 30.5 Å². The quantitative estimate of drug-likeness (QED) is 0.611. The number of likely N-dealkylation sites (N-methyl/N-ethyl adjacent to an activating group) is 1. The molecule has 2 aliphatic rings. The first-order valence-electron chi connectivity index (χ1n) is 12.8. The van der Waals surface area contributed by atoms with Crippen molar-refractivity contribution >= 4 is 16.8 Å². The Morgan fingerprint density at radius 1 is 1.12 bits per heavy atom. The summed E-state index contributed by atoms with van der Waals surface area (Å²) in [6, 6.07) is 8.88. The maximum Gasteiger partial charge on any atom is 0.220 e. The highest BCUT2D eigenvalue weighted by Crippen LogP contribution is 2.39. The molecule has 2 aromatic rings. The van der Waals surface area contributed by atoms with Gasteiger partial charge in [0, 0.05) is 43.2 Å². The van der Waals surface area contributed by atoms with Crippen LogP contribution < -0.4 is 10.6 Å². The maximum atomic E-state index is 13.0. The van der Waals surface area contributed by atoms with Gasteiger partial charge in [0.15, 0.2) is 0 Å². The number of amides is 1. The molecule has 0 radical (unpaired) electrons. The lowest BCUT2D eigenvalue weighted by Crippen LogP contribution is -2.35. The summed E-state index contributed by atoms with van der Waals surface area (Å²) in [5.41, 5.74) is 2.74. The SMILES string of the molecule is CN(C)CCNC(=O)CC(c1cn(CC2CCCCC2)c2ccccc12)C1CCNCC1. The number of nitrogens with zero attached hydrogens (tertiary/aromatic N) is 2. The smallest absolute Gasteiger partial charge is 0.220 e. The predicted octanol–water partition coefficient (Wildman–Crippen LogP) is 4.37. The predicted molar refractivity (Wildman–Crippen MR) is 133 cm³/mol. The van der Waals surface area contributed by atoms with Crippen LogP contribution in [0.25, 0.3) is 10.9 Å². The largest absolute Gasteiger partial charge is 0.355 e. The molecule has 1 aromatic heterocycles. The molecule has 32 heavy (non-hydrogen) atoms. The summed E-state index contributed by atoms with van der Waals surface area (Å²) in [4.78, 5) is 15.1. The Kier molecular flexibility index (Phi) is 8.26. The molecule has 2 N–H and O–H groups in total. The zero-order chi connectivity index (χ0) is 22.3. The average Bonchev–Trinajstić information content (AvgIpc) is 3.17. The zero-order valence-corrected chi connectivity index (χ0v) is 20.1. The van der Waals surface area contributed by atoms with E-state index >= 15 is 0 Å². The first-order valence-corrected chi connectivity index (χ1v) is 12.8. The monoisotopic (exact) mass is 438 g/mol. The summed E-state index contributed by atoms with van der Waals surface area (Å²) in [5.74, 6) is 1.83. The Balaban J connectivity index is 1.59. The molecule has 0 spiro atoms. The second kappa shape index (κ2) is 11.3. The average molecular weight is 439 g/mol. The molecule has 1 amide bonds. The molecule has 1 aliphatic heterocycles. The summed E-state index contributed by atoms with van der Waals surface area (Å²) in [7, 11) is 4.09. The number of hydrogen-bond donors (Lipinski definition) is 2. The molecule has 5 heteroatoms. The number of fused-ring (bicyclic) bond motifs is 1. The molecule has 1 unspecified atom stereocenters. The van der Waals surface area contributed by atoms with Crippen LogP contribution in [-0.4, -0.2) is 55.6 Å². The molecule has 2 heterocycles. The number of carbonyl (C=O) groups is 1. The minimum atomic E-state index is 0.194. The second-order valence-electron chi connectivity index (χ2n) is 10.3. The number of rotatable bonds is 9. The lowest BCUT2D eigenvalue weighted by atomic mass is 9.78. The van der Waals surface area contributed by atoms with Gasteiger partial charge in [0.2, 0.25) is 5.91 Å². The molecule has 1 saturated carbocycles. The fraction of sp³-hybridized carbons (Fsp3) is 0.667. The molecule has 1 aromatic carbocycles. The Morgan fingerprint density at radius 2 is 1.88 bits per heavy atom. The number of aromatic nitrogens is 1. The van der Waals surface area contributed by atoms with Crippen molar-refractivity contribution in [3.05, 3.63) is 36.0 Å². The zero-order valence-electron chi connectivity index (χ0n) is 20.1. The standard InChI is InChI=1S/C27H42N4O/c1-30(2)17-16-29-27(32)18-24(22-12-14-28-15-13-22)25-20-31(19-21-8-4-3-5-9-21)26-11-7-6-10-23(25)26/h6-7,10-11,20-22,24,28H,3-5,8-9,12-19H2,1-2H3,(H,29,32). The molecule has 2 fully saturated rings. The van der Waals surface area contributed by atoms with Crippen molar-refractivity contribution < 1.29 is 4.79 Å². The van der Waals surface area contributed by atoms with E-state index in [1.54, 1.807) is 0 Å². The van der Waals surface area contributed by atoms with E-state index in [2.05, 4.69) is 50.6 Å². The van der Waals surface area contributed by atoms with Crippen LogP contribution in [0, 0.1) is 11.8 Å². The van der Waals surface area contributed by atoms with E-state index in [1.165, 1.54) is 48.6 Å².